The van der Waals surface area contributed by atoms with Crippen LogP contribution < -0.4 is 5.32 Å². The van der Waals surface area contributed by atoms with Crippen LogP contribution in [0.15, 0.2) is 42.5 Å². The van der Waals surface area contributed by atoms with Gasteiger partial charge in [0.05, 0.1) is 4.92 Å². The zero-order valence-corrected chi connectivity index (χ0v) is 12.0. The van der Waals surface area contributed by atoms with Gasteiger partial charge in [0, 0.05) is 23.4 Å². The van der Waals surface area contributed by atoms with E-state index in [1.165, 1.54) is 12.1 Å². The number of benzene rings is 2. The number of nitrogens with zero attached hydrogens (tertiary/aromatic N) is 1. The van der Waals surface area contributed by atoms with Crippen molar-refractivity contribution >= 4 is 11.4 Å². The maximum Gasteiger partial charge on any atom is 0.274 e. The van der Waals surface area contributed by atoms with Gasteiger partial charge < -0.3 is 5.32 Å². The molecule has 0 amide bonds. The van der Waals surface area contributed by atoms with Gasteiger partial charge in [0.25, 0.3) is 5.69 Å². The SMILES string of the molecule is Cc1c(NC(C)Cc2ccccc2F)cccc1[N+](=O)[O-]. The Hall–Kier alpha value is -2.43. The lowest BCUT2D eigenvalue weighted by Gasteiger charge is -2.17. The Morgan fingerprint density at radius 2 is 1.95 bits per heavy atom. The summed E-state index contributed by atoms with van der Waals surface area (Å²) in [4.78, 5) is 10.5. The van der Waals surface area contributed by atoms with E-state index in [-0.39, 0.29) is 17.5 Å². The van der Waals surface area contributed by atoms with Gasteiger partial charge in [-0.1, -0.05) is 24.3 Å². The number of nitro groups is 1. The van der Waals surface area contributed by atoms with E-state index in [0.29, 0.717) is 23.2 Å². The fourth-order valence-corrected chi connectivity index (χ4v) is 2.29. The predicted octanol–water partition coefficient (Wildman–Crippen LogP) is 4.09. The molecule has 0 aliphatic carbocycles. The van der Waals surface area contributed by atoms with Crippen LogP contribution in [0.25, 0.3) is 0 Å². The molecule has 0 aromatic heterocycles. The van der Waals surface area contributed by atoms with Crippen molar-refractivity contribution in [1.29, 1.82) is 0 Å². The van der Waals surface area contributed by atoms with Gasteiger partial charge in [-0.15, -0.1) is 0 Å². The summed E-state index contributed by atoms with van der Waals surface area (Å²) in [6.45, 7) is 3.63. The molecule has 0 radical (unpaired) electrons. The molecular formula is C16H17FN2O2. The Kier molecular flexibility index (Phi) is 4.52. The lowest BCUT2D eigenvalue weighted by Crippen LogP contribution is -2.19. The van der Waals surface area contributed by atoms with Crippen LogP contribution >= 0.6 is 0 Å². The molecule has 0 spiro atoms. The molecule has 0 aliphatic rings. The molecule has 2 rings (SSSR count). The smallest absolute Gasteiger partial charge is 0.274 e. The van der Waals surface area contributed by atoms with Crippen molar-refractivity contribution in [3.63, 3.8) is 0 Å². The van der Waals surface area contributed by atoms with Gasteiger partial charge in [-0.3, -0.25) is 10.1 Å². The number of nitrogens with one attached hydrogen (secondary N) is 1. The first-order valence-electron chi connectivity index (χ1n) is 6.73. The zero-order valence-electron chi connectivity index (χ0n) is 12.0. The Morgan fingerprint density at radius 1 is 1.24 bits per heavy atom. The molecule has 0 aliphatic heterocycles. The average molecular weight is 288 g/mol. The number of hydrogen-bond donors (Lipinski definition) is 1. The lowest BCUT2D eigenvalue weighted by molar-refractivity contribution is -0.385. The molecule has 2 aromatic rings. The second kappa shape index (κ2) is 6.35. The van der Waals surface area contributed by atoms with Crippen LogP contribution in [0.2, 0.25) is 0 Å². The van der Waals surface area contributed by atoms with Crippen LogP contribution in [-0.2, 0) is 6.42 Å². The summed E-state index contributed by atoms with van der Waals surface area (Å²) in [5, 5.41) is 14.1. The van der Waals surface area contributed by atoms with Crippen molar-refractivity contribution in [3.05, 3.63) is 69.5 Å². The van der Waals surface area contributed by atoms with Crippen LogP contribution in [-0.4, -0.2) is 11.0 Å². The summed E-state index contributed by atoms with van der Waals surface area (Å²) in [5.41, 5.74) is 1.99. The van der Waals surface area contributed by atoms with Gasteiger partial charge in [-0.2, -0.15) is 0 Å². The topological polar surface area (TPSA) is 55.2 Å². The van der Waals surface area contributed by atoms with Crippen LogP contribution in [0.4, 0.5) is 15.8 Å². The van der Waals surface area contributed by atoms with E-state index < -0.39 is 4.92 Å². The number of rotatable bonds is 5. The van der Waals surface area contributed by atoms with Gasteiger partial charge in [-0.25, -0.2) is 4.39 Å². The van der Waals surface area contributed by atoms with Gasteiger partial charge in [0.1, 0.15) is 5.82 Å². The van der Waals surface area contributed by atoms with Crippen LogP contribution in [0.5, 0.6) is 0 Å². The molecule has 0 saturated heterocycles. The molecule has 1 N–H and O–H groups in total. The quantitative estimate of drug-likeness (QED) is 0.666. The zero-order chi connectivity index (χ0) is 15.4. The van der Waals surface area contributed by atoms with Crippen molar-refractivity contribution < 1.29 is 9.31 Å². The van der Waals surface area contributed by atoms with Gasteiger partial charge in [-0.05, 0) is 38.0 Å². The molecule has 0 heterocycles. The standard InChI is InChI=1S/C16H17FN2O2/c1-11(10-13-6-3-4-7-14(13)17)18-15-8-5-9-16(12(15)2)19(20)21/h3-9,11,18H,10H2,1-2H3. The molecule has 1 unspecified atom stereocenters. The van der Waals surface area contributed by atoms with E-state index in [0.717, 1.165) is 0 Å². The third kappa shape index (κ3) is 3.56. The van der Waals surface area contributed by atoms with E-state index in [2.05, 4.69) is 5.32 Å². The van der Waals surface area contributed by atoms with E-state index >= 15 is 0 Å². The largest absolute Gasteiger partial charge is 0.382 e. The number of anilines is 1. The highest BCUT2D eigenvalue weighted by molar-refractivity contribution is 5.60. The Morgan fingerprint density at radius 3 is 2.62 bits per heavy atom. The summed E-state index contributed by atoms with van der Waals surface area (Å²) >= 11 is 0. The van der Waals surface area contributed by atoms with Crippen molar-refractivity contribution in [3.8, 4) is 0 Å². The van der Waals surface area contributed by atoms with Gasteiger partial charge >= 0.3 is 0 Å². The normalized spacial score (nSPS) is 12.0. The minimum absolute atomic E-state index is 0.0393. The van der Waals surface area contributed by atoms with Crippen LogP contribution in [0.1, 0.15) is 18.1 Å². The summed E-state index contributed by atoms with van der Waals surface area (Å²) in [6.07, 6.45) is 0.509. The molecule has 0 saturated carbocycles. The molecule has 5 heteroatoms. The Bertz CT molecular complexity index is 658. The number of halogens is 1. The highest BCUT2D eigenvalue weighted by atomic mass is 19.1. The third-order valence-corrected chi connectivity index (χ3v) is 3.39. The first-order chi connectivity index (χ1) is 9.99. The third-order valence-electron chi connectivity index (χ3n) is 3.39. The van der Waals surface area contributed by atoms with Crippen LogP contribution in [0, 0.1) is 22.9 Å². The van der Waals surface area contributed by atoms with Crippen molar-refractivity contribution in [1.82, 2.24) is 0 Å². The van der Waals surface area contributed by atoms with E-state index in [1.807, 2.05) is 6.92 Å². The maximum atomic E-state index is 13.6. The monoisotopic (exact) mass is 288 g/mol. The minimum Gasteiger partial charge on any atom is -0.382 e. The van der Waals surface area contributed by atoms with Crippen molar-refractivity contribution in [2.24, 2.45) is 0 Å². The second-order valence-corrected chi connectivity index (χ2v) is 5.05. The fourth-order valence-electron chi connectivity index (χ4n) is 2.29. The fraction of sp³-hybridized carbons (Fsp3) is 0.250. The molecular weight excluding hydrogens is 271 g/mol. The highest BCUT2D eigenvalue weighted by Gasteiger charge is 2.15. The van der Waals surface area contributed by atoms with E-state index in [9.17, 15) is 14.5 Å². The first-order valence-corrected chi connectivity index (χ1v) is 6.73. The predicted molar refractivity (Wildman–Crippen MR) is 81.0 cm³/mol. The molecule has 0 bridgehead atoms. The van der Waals surface area contributed by atoms with Gasteiger partial charge in [0.2, 0.25) is 0 Å². The maximum absolute atomic E-state index is 13.6. The number of nitro benzene ring substituents is 1. The second-order valence-electron chi connectivity index (χ2n) is 5.05. The molecule has 1 atom stereocenters. The van der Waals surface area contributed by atoms with Crippen molar-refractivity contribution in [2.45, 2.75) is 26.3 Å². The Labute approximate surface area is 122 Å². The molecule has 21 heavy (non-hydrogen) atoms. The number of hydrogen-bond acceptors (Lipinski definition) is 3. The lowest BCUT2D eigenvalue weighted by atomic mass is 10.1. The molecule has 110 valence electrons. The minimum atomic E-state index is -0.401. The van der Waals surface area contributed by atoms with E-state index in [4.69, 9.17) is 0 Å². The summed E-state index contributed by atoms with van der Waals surface area (Å²) in [7, 11) is 0. The van der Waals surface area contributed by atoms with E-state index in [1.54, 1.807) is 37.3 Å². The first kappa shape index (κ1) is 15.0. The molecule has 4 nitrogen and oxygen atoms in total. The van der Waals surface area contributed by atoms with Crippen LogP contribution in [0.3, 0.4) is 0 Å². The van der Waals surface area contributed by atoms with Crippen molar-refractivity contribution in [2.75, 3.05) is 5.32 Å². The molecule has 2 aromatic carbocycles. The Balaban J connectivity index is 2.13. The molecule has 0 fully saturated rings. The summed E-state index contributed by atoms with van der Waals surface area (Å²) in [6, 6.07) is 11.5. The van der Waals surface area contributed by atoms with Gasteiger partial charge in [0.15, 0.2) is 0 Å². The summed E-state index contributed by atoms with van der Waals surface area (Å²) < 4.78 is 13.6. The average Bonchev–Trinajstić information content (AvgIpc) is 2.43. The highest BCUT2D eigenvalue weighted by Crippen LogP contribution is 2.26. The summed E-state index contributed by atoms with van der Waals surface area (Å²) in [5.74, 6) is -0.234.